The second kappa shape index (κ2) is 5.98. The molecule has 0 aliphatic carbocycles. The lowest BCUT2D eigenvalue weighted by atomic mass is 9.83. The van der Waals surface area contributed by atoms with E-state index in [4.69, 9.17) is 4.74 Å². The van der Waals surface area contributed by atoms with Gasteiger partial charge < -0.3 is 14.7 Å². The summed E-state index contributed by atoms with van der Waals surface area (Å²) in [6, 6.07) is 7.15. The number of rotatable bonds is 4. The third kappa shape index (κ3) is 2.54. The second-order valence-corrected chi connectivity index (χ2v) is 6.68. The van der Waals surface area contributed by atoms with E-state index in [0.717, 1.165) is 6.07 Å². The van der Waals surface area contributed by atoms with Crippen LogP contribution in [0.5, 0.6) is 5.75 Å². The number of nitro benzene ring substituents is 1. The van der Waals surface area contributed by atoms with Gasteiger partial charge in [-0.3, -0.25) is 10.1 Å². The molecule has 0 aromatic heterocycles. The number of nitro groups is 1. The van der Waals surface area contributed by atoms with E-state index in [-0.39, 0.29) is 23.5 Å². The lowest BCUT2D eigenvalue weighted by molar-refractivity contribution is -0.384. The van der Waals surface area contributed by atoms with E-state index < -0.39 is 27.7 Å². The number of hydrogen-bond acceptors (Lipinski definition) is 5. The molecule has 0 amide bonds. The Kier molecular flexibility index (Phi) is 4.06. The van der Waals surface area contributed by atoms with Crippen molar-refractivity contribution in [3.63, 3.8) is 0 Å². The monoisotopic (exact) mass is 360 g/mol. The number of benzene rings is 2. The molecule has 1 aliphatic heterocycles. The van der Waals surface area contributed by atoms with Crippen LogP contribution < -0.4 is 9.64 Å². The van der Waals surface area contributed by atoms with Crippen LogP contribution in [0.1, 0.15) is 29.8 Å². The molecule has 1 N–H and O–H groups in total. The summed E-state index contributed by atoms with van der Waals surface area (Å²) in [7, 11) is 1.35. The molecule has 0 bridgehead atoms. The Bertz CT molecular complexity index is 926. The molecule has 136 valence electrons. The predicted molar refractivity (Wildman–Crippen MR) is 93.0 cm³/mol. The van der Waals surface area contributed by atoms with Crippen LogP contribution in [0.3, 0.4) is 0 Å². The van der Waals surface area contributed by atoms with Crippen LogP contribution in [0, 0.1) is 15.9 Å². The summed E-state index contributed by atoms with van der Waals surface area (Å²) in [5.41, 5.74) is -0.426. The van der Waals surface area contributed by atoms with E-state index in [1.807, 2.05) is 0 Å². The molecule has 0 spiro atoms. The third-order valence-corrected chi connectivity index (χ3v) is 4.52. The summed E-state index contributed by atoms with van der Waals surface area (Å²) >= 11 is 0. The molecule has 1 heterocycles. The number of ether oxygens (including phenoxy) is 1. The number of methoxy groups -OCH3 is 1. The minimum atomic E-state index is -1.39. The number of anilines is 2. The summed E-state index contributed by atoms with van der Waals surface area (Å²) < 4.78 is 19.7. The van der Waals surface area contributed by atoms with E-state index in [9.17, 15) is 24.4 Å². The summed E-state index contributed by atoms with van der Waals surface area (Å²) in [5, 5.41) is 20.9. The van der Waals surface area contributed by atoms with Crippen LogP contribution >= 0.6 is 0 Å². The van der Waals surface area contributed by atoms with Crippen molar-refractivity contribution in [2.75, 3.05) is 18.6 Å². The highest BCUT2D eigenvalue weighted by Gasteiger charge is 2.44. The second-order valence-electron chi connectivity index (χ2n) is 6.68. The zero-order chi connectivity index (χ0) is 19.2. The van der Waals surface area contributed by atoms with Gasteiger partial charge >= 0.3 is 5.97 Å². The molecule has 0 radical (unpaired) electrons. The maximum atomic E-state index is 14.4. The SMILES string of the molecule is COc1cc(F)c(C(=O)O)c2c1N(c1ccccc1[N+](=O)[O-])CC2(C)C. The highest BCUT2D eigenvalue weighted by Crippen LogP contribution is 2.52. The molecule has 1 aliphatic rings. The summed E-state index contributed by atoms with van der Waals surface area (Å²) in [5.74, 6) is -2.16. The Morgan fingerprint density at radius 2 is 2.04 bits per heavy atom. The first-order valence-electron chi connectivity index (χ1n) is 7.84. The predicted octanol–water partition coefficient (Wildman–Crippen LogP) is 3.87. The highest BCUT2D eigenvalue weighted by atomic mass is 19.1. The van der Waals surface area contributed by atoms with Gasteiger partial charge in [-0.25, -0.2) is 9.18 Å². The van der Waals surface area contributed by atoms with Gasteiger partial charge in [-0.15, -0.1) is 0 Å². The maximum Gasteiger partial charge on any atom is 0.339 e. The molecule has 0 fully saturated rings. The molecular formula is C18H17FN2O5. The lowest BCUT2D eigenvalue weighted by Crippen LogP contribution is -2.26. The number of fused-ring (bicyclic) bond motifs is 1. The van der Waals surface area contributed by atoms with Crippen LogP contribution in [0.15, 0.2) is 30.3 Å². The summed E-state index contributed by atoms with van der Waals surface area (Å²) in [6.07, 6.45) is 0. The van der Waals surface area contributed by atoms with E-state index in [1.165, 1.54) is 13.2 Å². The fourth-order valence-electron chi connectivity index (χ4n) is 3.51. The average molecular weight is 360 g/mol. The molecule has 3 rings (SSSR count). The fourth-order valence-corrected chi connectivity index (χ4v) is 3.51. The van der Waals surface area contributed by atoms with E-state index >= 15 is 0 Å². The van der Waals surface area contributed by atoms with Crippen molar-refractivity contribution in [2.45, 2.75) is 19.3 Å². The van der Waals surface area contributed by atoms with Gasteiger partial charge in [-0.1, -0.05) is 26.0 Å². The topological polar surface area (TPSA) is 92.9 Å². The van der Waals surface area contributed by atoms with E-state index in [2.05, 4.69) is 0 Å². The van der Waals surface area contributed by atoms with Gasteiger partial charge in [0.1, 0.15) is 22.8 Å². The Morgan fingerprint density at radius 1 is 1.38 bits per heavy atom. The first-order valence-corrected chi connectivity index (χ1v) is 7.84. The minimum Gasteiger partial charge on any atom is -0.494 e. The molecule has 0 atom stereocenters. The van der Waals surface area contributed by atoms with Crippen LogP contribution in [0.25, 0.3) is 0 Å². The Morgan fingerprint density at radius 3 is 2.62 bits per heavy atom. The van der Waals surface area contributed by atoms with Crippen molar-refractivity contribution >= 4 is 23.0 Å². The number of para-hydroxylation sites is 2. The van der Waals surface area contributed by atoms with Gasteiger partial charge in [0.25, 0.3) is 5.69 Å². The molecule has 8 heteroatoms. The summed E-state index contributed by atoms with van der Waals surface area (Å²) in [4.78, 5) is 24.2. The molecule has 0 unspecified atom stereocenters. The van der Waals surface area contributed by atoms with Gasteiger partial charge in [0.2, 0.25) is 0 Å². The van der Waals surface area contributed by atoms with Crippen molar-refractivity contribution < 1.29 is 24.0 Å². The van der Waals surface area contributed by atoms with Gasteiger partial charge in [0.05, 0.1) is 17.7 Å². The Balaban J connectivity index is 2.37. The van der Waals surface area contributed by atoms with Gasteiger partial charge in [0, 0.05) is 29.7 Å². The quantitative estimate of drug-likeness (QED) is 0.657. The third-order valence-electron chi connectivity index (χ3n) is 4.52. The van der Waals surface area contributed by atoms with E-state index in [0.29, 0.717) is 11.4 Å². The molecule has 26 heavy (non-hydrogen) atoms. The van der Waals surface area contributed by atoms with Crippen molar-refractivity contribution in [1.29, 1.82) is 0 Å². The standard InChI is InChI=1S/C18H17FN2O5/c1-18(2)9-20(11-6-4-5-7-12(11)21(24)25)16-13(26-3)8-10(19)14(15(16)18)17(22)23/h4-8H,9H2,1-3H3,(H,22,23). The van der Waals surface area contributed by atoms with Gasteiger partial charge in [-0.05, 0) is 6.07 Å². The minimum absolute atomic E-state index is 0.126. The van der Waals surface area contributed by atoms with Crippen molar-refractivity contribution in [1.82, 2.24) is 0 Å². The highest BCUT2D eigenvalue weighted by molar-refractivity contribution is 5.96. The van der Waals surface area contributed by atoms with Crippen LogP contribution in [-0.2, 0) is 5.41 Å². The molecule has 2 aromatic rings. The molecule has 7 nitrogen and oxygen atoms in total. The normalized spacial score (nSPS) is 14.8. The number of carboxylic acid groups (broad SMARTS) is 1. The number of carbonyl (C=O) groups is 1. The zero-order valence-corrected chi connectivity index (χ0v) is 14.4. The molecule has 0 saturated carbocycles. The number of carboxylic acids is 1. The average Bonchev–Trinajstić information content (AvgIpc) is 2.85. The van der Waals surface area contributed by atoms with Crippen molar-refractivity contribution in [3.05, 3.63) is 57.4 Å². The van der Waals surface area contributed by atoms with Crippen molar-refractivity contribution in [2.24, 2.45) is 0 Å². The number of nitrogens with zero attached hydrogens (tertiary/aromatic N) is 2. The Labute approximate surface area is 148 Å². The van der Waals surface area contributed by atoms with Gasteiger partial charge in [0.15, 0.2) is 0 Å². The molecule has 0 saturated heterocycles. The van der Waals surface area contributed by atoms with E-state index in [1.54, 1.807) is 36.9 Å². The Hall–Kier alpha value is -3.16. The van der Waals surface area contributed by atoms with Gasteiger partial charge in [-0.2, -0.15) is 0 Å². The fraction of sp³-hybridized carbons (Fsp3) is 0.278. The number of hydrogen-bond donors (Lipinski definition) is 1. The van der Waals surface area contributed by atoms with Crippen LogP contribution in [0.2, 0.25) is 0 Å². The van der Waals surface area contributed by atoms with Crippen LogP contribution in [-0.4, -0.2) is 29.7 Å². The smallest absolute Gasteiger partial charge is 0.339 e. The lowest BCUT2D eigenvalue weighted by Gasteiger charge is -2.22. The number of aromatic carboxylic acids is 1. The first kappa shape index (κ1) is 17.7. The molecular weight excluding hydrogens is 343 g/mol. The summed E-state index contributed by atoms with van der Waals surface area (Å²) in [6.45, 7) is 3.78. The van der Waals surface area contributed by atoms with Crippen LogP contribution in [0.4, 0.5) is 21.5 Å². The maximum absolute atomic E-state index is 14.4. The molecule has 2 aromatic carbocycles. The van der Waals surface area contributed by atoms with Crippen molar-refractivity contribution in [3.8, 4) is 5.75 Å². The first-order chi connectivity index (χ1) is 12.2. The number of halogens is 1. The zero-order valence-electron chi connectivity index (χ0n) is 14.4. The largest absolute Gasteiger partial charge is 0.494 e.